The van der Waals surface area contributed by atoms with Crippen molar-refractivity contribution in [2.45, 2.75) is 306 Å². The zero-order valence-electron chi connectivity index (χ0n) is 81.8. The third kappa shape index (κ3) is 39.8. The van der Waals surface area contributed by atoms with Crippen LogP contribution in [0.15, 0.2) is 30.5 Å². The zero-order chi connectivity index (χ0) is 103. The number of carboxylic acids is 1. The highest BCUT2D eigenvalue weighted by atomic mass is 32.2. The van der Waals surface area contributed by atoms with Gasteiger partial charge in [0.15, 0.2) is 0 Å². The van der Waals surface area contributed by atoms with Crippen molar-refractivity contribution in [2.75, 3.05) is 68.1 Å². The lowest BCUT2D eigenvalue weighted by molar-refractivity contribution is -0.139. The van der Waals surface area contributed by atoms with Crippen LogP contribution in [0.2, 0.25) is 0 Å². The number of unbranched alkanes of at least 4 members (excludes halogenated alkanes) is 4. The second-order valence-electron chi connectivity index (χ2n) is 36.6. The number of aromatic amines is 1. The number of H-pyrrole nitrogens is 1. The van der Waals surface area contributed by atoms with E-state index in [9.17, 15) is 73.2 Å². The second-order valence-corrected chi connectivity index (χ2v) is 42.1. The molecule has 27 N–H and O–H groups in total. The van der Waals surface area contributed by atoms with E-state index in [-0.39, 0.29) is 49.7 Å². The van der Waals surface area contributed by atoms with E-state index in [4.69, 9.17) is 5.73 Å². The van der Waals surface area contributed by atoms with Gasteiger partial charge in [0.1, 0.15) is 78.9 Å². The number of para-hydroxylation sites is 1. The van der Waals surface area contributed by atoms with Crippen LogP contribution in [0.3, 0.4) is 0 Å². The number of hydrogen-bond donors (Lipinski definition) is 26. The molecule has 3 saturated heterocycles. The van der Waals surface area contributed by atoms with Gasteiger partial charge in [-0.05, 0) is 99.1 Å². The Balaban J connectivity index is 1.73. The fourth-order valence-electron chi connectivity index (χ4n) is 15.1. The lowest BCUT2D eigenvalue weighted by Gasteiger charge is -2.35. The van der Waals surface area contributed by atoms with Gasteiger partial charge in [-0.15, -0.1) is 0 Å². The third-order valence-electron chi connectivity index (χ3n) is 23.5. The highest BCUT2D eigenvalue weighted by molar-refractivity contribution is 8.00. The number of thioether (sulfide) groups is 4. The Morgan fingerprint density at radius 3 is 1.86 bits per heavy atom. The van der Waals surface area contributed by atoms with Crippen LogP contribution in [0.25, 0.3) is 10.9 Å². The summed E-state index contributed by atoms with van der Waals surface area (Å²) in [6.07, 6.45) is 0.157. The normalized spacial score (nSPS) is 26.0. The van der Waals surface area contributed by atoms with Crippen LogP contribution in [0.1, 0.15) is 181 Å². The van der Waals surface area contributed by atoms with E-state index in [1.54, 1.807) is 92.8 Å². The molecular weight excluding hydrogens is 1870 g/mol. The van der Waals surface area contributed by atoms with Crippen LogP contribution in [0.5, 0.6) is 0 Å². The molecule has 5 rings (SSSR count). The summed E-state index contributed by atoms with van der Waals surface area (Å²) in [6, 6.07) is -19.6. The number of rotatable bonds is 37. The topological polar surface area (TPSA) is 671 Å². The van der Waals surface area contributed by atoms with Gasteiger partial charge in [0.05, 0.1) is 49.9 Å². The molecule has 0 saturated carbocycles. The van der Waals surface area contributed by atoms with Gasteiger partial charge in [-0.2, -0.15) is 47.0 Å². The molecule has 18 amide bonds. The average molecular weight is 2020 g/mol. The zero-order valence-corrected chi connectivity index (χ0v) is 85.1. The van der Waals surface area contributed by atoms with E-state index in [2.05, 4.69) is 111 Å². The number of aliphatic hydroxyl groups excluding tert-OH is 3. The monoisotopic (exact) mass is 2020 g/mol. The number of aliphatic hydroxyl groups is 3. The van der Waals surface area contributed by atoms with Gasteiger partial charge in [0.25, 0.3) is 5.91 Å². The minimum atomic E-state index is -1.93. The number of aliphatic carboxylic acids is 1. The van der Waals surface area contributed by atoms with Crippen LogP contribution >= 0.6 is 47.0 Å². The van der Waals surface area contributed by atoms with Crippen molar-refractivity contribution in [1.82, 2.24) is 111 Å². The predicted molar refractivity (Wildman–Crippen MR) is 527 cm³/mol. The summed E-state index contributed by atoms with van der Waals surface area (Å²) in [5, 5.41) is 95.7. The van der Waals surface area contributed by atoms with Crippen LogP contribution in [-0.4, -0.2) is 325 Å². The summed E-state index contributed by atoms with van der Waals surface area (Å²) in [5.74, 6) is -21.0. The summed E-state index contributed by atoms with van der Waals surface area (Å²) in [5.41, 5.74) is 7.12. The third-order valence-corrected chi connectivity index (χ3v) is 28.5. The summed E-state index contributed by atoms with van der Waals surface area (Å²) in [7, 11) is 0. The number of carbonyl (C=O) groups is 18. The van der Waals surface area contributed by atoms with Crippen LogP contribution < -0.4 is 112 Å². The summed E-state index contributed by atoms with van der Waals surface area (Å²) >= 11 is 3.89. The van der Waals surface area contributed by atoms with Crippen LogP contribution in [0, 0.1) is 29.6 Å². The SMILES string of the molecule is CCNCCCCCCCNC(=O)C1CSC(C)C2NC(=O)CNC(=O)C3CSC(C)C(NC(=O)NC(=O)C(NC(=O)C(Cc4c[nH]c5ccccc45)NC(=O)CNC(=O)C(CO)NC(=O)C(N)CSCC)C(C)C)C(=O)NC(CC(C)C)C(=O)NC(C(=O)NC(C(C)CC)C(=O)NC(CCC(=O)O)C(=O)N3)C(C)SCC(NC(O)C(C(C)C)NC(=O)C(CC(C)C)NC2O)C(=O)NC(C)C(=O)N1. The molecule has 3 aliphatic rings. The molecular formula is C90H150N22O22S4. The average Bonchev–Trinajstić information content (AvgIpc) is 1.69. The molecule has 0 spiro atoms. The molecule has 22 unspecified atom stereocenters. The van der Waals surface area contributed by atoms with E-state index >= 15 is 33.6 Å². The highest BCUT2D eigenvalue weighted by Crippen LogP contribution is 2.26. The molecule has 4 heterocycles. The maximum absolute atomic E-state index is 15.7. The first-order chi connectivity index (χ1) is 65.2. The van der Waals surface area contributed by atoms with E-state index in [0.717, 1.165) is 62.3 Å². The number of nitrogens with one attached hydrogen (secondary N) is 21. The largest absolute Gasteiger partial charge is 0.481 e. The molecule has 0 radical (unpaired) electrons. The van der Waals surface area contributed by atoms with Crippen molar-refractivity contribution in [3.63, 3.8) is 0 Å². The fraction of sp³-hybridized carbons (Fsp3) is 0.711. The Bertz CT molecular complexity index is 4410. The Labute approximate surface area is 823 Å². The first-order valence-corrected chi connectivity index (χ1v) is 51.7. The first kappa shape index (κ1) is 119. The van der Waals surface area contributed by atoms with Crippen molar-refractivity contribution >= 4 is 164 Å². The summed E-state index contributed by atoms with van der Waals surface area (Å²) < 4.78 is 0. The maximum Gasteiger partial charge on any atom is 0.322 e. The van der Waals surface area contributed by atoms with Crippen molar-refractivity contribution in [1.29, 1.82) is 0 Å². The van der Waals surface area contributed by atoms with Gasteiger partial charge < -0.3 is 122 Å². The van der Waals surface area contributed by atoms with Crippen molar-refractivity contribution in [3.05, 3.63) is 36.0 Å². The number of benzene rings is 1. The van der Waals surface area contributed by atoms with Crippen molar-refractivity contribution in [3.8, 4) is 0 Å². The summed E-state index contributed by atoms with van der Waals surface area (Å²) in [4.78, 5) is 267. The molecule has 138 heavy (non-hydrogen) atoms. The number of urea groups is 1. The van der Waals surface area contributed by atoms with E-state index in [1.807, 2.05) is 13.8 Å². The van der Waals surface area contributed by atoms with Gasteiger partial charge >= 0.3 is 12.0 Å². The number of carbonyl (C=O) groups excluding carboxylic acids is 17. The van der Waals surface area contributed by atoms with Crippen LogP contribution in [0.4, 0.5) is 4.79 Å². The van der Waals surface area contributed by atoms with E-state index < -0.39 is 299 Å². The molecule has 22 atom stereocenters. The molecule has 44 nitrogen and oxygen atoms in total. The Morgan fingerprint density at radius 1 is 0.580 bits per heavy atom. The number of fused-ring (bicyclic) bond motifs is 19. The molecule has 3 fully saturated rings. The van der Waals surface area contributed by atoms with Crippen molar-refractivity contribution < 1.29 is 107 Å². The number of carboxylic acid groups (broad SMARTS) is 1. The second kappa shape index (κ2) is 60.5. The molecule has 2 aromatic rings. The predicted octanol–water partition coefficient (Wildman–Crippen LogP) is -3.00. The van der Waals surface area contributed by atoms with Gasteiger partial charge in [-0.3, -0.25) is 97.5 Å². The van der Waals surface area contributed by atoms with Gasteiger partial charge in [-0.25, -0.2) is 4.79 Å². The van der Waals surface area contributed by atoms with Gasteiger partial charge in [0.2, 0.25) is 88.6 Å². The molecule has 48 heteroatoms. The summed E-state index contributed by atoms with van der Waals surface area (Å²) in [6.45, 7) is 25.3. The Morgan fingerprint density at radius 2 is 1.21 bits per heavy atom. The smallest absolute Gasteiger partial charge is 0.322 e. The molecule has 1 aromatic carbocycles. The number of hydrogen-bond acceptors (Lipinski definition) is 29. The van der Waals surface area contributed by atoms with E-state index in [1.165, 1.54) is 46.4 Å². The van der Waals surface area contributed by atoms with E-state index in [0.29, 0.717) is 40.4 Å². The maximum atomic E-state index is 15.7. The van der Waals surface area contributed by atoms with Crippen LogP contribution in [-0.2, 0) is 87.9 Å². The molecule has 0 aliphatic carbocycles. The van der Waals surface area contributed by atoms with Crippen molar-refractivity contribution in [2.24, 2.45) is 35.3 Å². The number of aromatic nitrogens is 1. The molecule has 3 aliphatic heterocycles. The Hall–Kier alpha value is -9.66. The molecule has 4 bridgehead atoms. The lowest BCUT2D eigenvalue weighted by atomic mass is 9.96. The quantitative estimate of drug-likeness (QED) is 0.0237. The number of imide groups is 1. The highest BCUT2D eigenvalue weighted by Gasteiger charge is 2.44. The molecule has 776 valence electrons. The van der Waals surface area contributed by atoms with Gasteiger partial charge in [0, 0.05) is 75.2 Å². The molecule has 1 aromatic heterocycles. The Kier molecular flexibility index (Phi) is 52.1. The lowest BCUT2D eigenvalue weighted by Crippen LogP contribution is -2.64. The minimum Gasteiger partial charge on any atom is -0.481 e. The number of amides is 18. The standard InChI is InChI=1S/C90H150N22O22S4/c1-17-48(12)70-86(130)99-57(29-30-67(116)117)79(123)104-63-42-137-52(16)73(111-90(134)112-85(129)69(47(10)11)108-82(126)60(35-53-36-94-56-28-24-23-27-54(53)56)98-65(114)37-95-76(120)61(39-113)102-75(119)55(91)40-135-19-3)88(132)101-59(34-45(6)7)81(125)110-72(89(133)109-70)51(15)138-43-64-83(127)97-49(13)74(118)103-62(77(121)93-32-26-22-20-21-25-31-92-18-2)41-136-50(14)71(106-66(115)38-96-78(63)122)87(131)100-58(33-44(4)5)80(124)107-68(46(8)9)84(128)105-64/h23-24,27-28,36,44-52,55,57-64,68-73,84,87,92,94,100,105,113,128,131H,17-22,25-26,29-35,37-43,91H2,1-16H3,(H,93,121)(H,95,120)(H,96,122)(H,97,127)(H,98,114)(H,99,130)(H,101,132)(H,102,119)(H,103,118)(H,104,123)(H,106,115)(H,107,124)(H,108,126)(H,109,133)(H,110,125)(H,116,117)(H2,111,112,129,134). The fourth-order valence-corrected chi connectivity index (χ4v) is 19.2. The minimum absolute atomic E-state index is 0.0152. The number of nitrogens with two attached hydrogens (primary N) is 1. The first-order valence-electron chi connectivity index (χ1n) is 47.4. The van der Waals surface area contributed by atoms with Gasteiger partial charge in [-0.1, -0.05) is 148 Å².